The highest BCUT2D eigenvalue weighted by atomic mass is 16.5. The van der Waals surface area contributed by atoms with Crippen LogP contribution in [-0.2, 0) is 14.9 Å². The number of hydrogen-bond donors (Lipinski definition) is 1. The summed E-state index contributed by atoms with van der Waals surface area (Å²) in [6.45, 7) is 6.91. The summed E-state index contributed by atoms with van der Waals surface area (Å²) in [5.74, 6) is 2.32. The summed E-state index contributed by atoms with van der Waals surface area (Å²) in [5, 5.41) is 3.10. The van der Waals surface area contributed by atoms with E-state index in [2.05, 4.69) is 20.3 Å². The number of ether oxygens (including phenoxy) is 2. The van der Waals surface area contributed by atoms with Crippen molar-refractivity contribution in [2.24, 2.45) is 0 Å². The molecule has 0 spiro atoms. The maximum absolute atomic E-state index is 13.5. The molecule has 184 valence electrons. The third kappa shape index (κ3) is 4.72. The van der Waals surface area contributed by atoms with Crippen LogP contribution in [0.5, 0.6) is 11.6 Å². The second kappa shape index (κ2) is 9.91. The number of nitrogens with one attached hydrogen (secondary N) is 1. The minimum Gasteiger partial charge on any atom is -0.439 e. The number of carbonyl (C=O) groups is 1. The summed E-state index contributed by atoms with van der Waals surface area (Å²) in [6, 6.07) is 19.0. The number of anilines is 1. The molecule has 0 radical (unpaired) electrons. The van der Waals surface area contributed by atoms with Crippen molar-refractivity contribution in [1.82, 2.24) is 19.5 Å². The number of nitrogens with zero attached hydrogens (tertiary/aromatic N) is 4. The Morgan fingerprint density at radius 1 is 1.00 bits per heavy atom. The number of aryl methyl sites for hydroxylation is 2. The fraction of sp³-hybridized carbons (Fsp3) is 0.286. The lowest BCUT2D eigenvalue weighted by Gasteiger charge is -2.36. The largest absolute Gasteiger partial charge is 0.439 e. The Bertz CT molecular complexity index is 1360. The lowest BCUT2D eigenvalue weighted by atomic mass is 9.73. The van der Waals surface area contributed by atoms with Crippen molar-refractivity contribution in [3.05, 3.63) is 89.8 Å². The number of amides is 1. The van der Waals surface area contributed by atoms with Crippen LogP contribution < -0.4 is 10.1 Å². The molecule has 0 saturated carbocycles. The van der Waals surface area contributed by atoms with Crippen molar-refractivity contribution in [3.63, 3.8) is 0 Å². The fourth-order valence-corrected chi connectivity index (χ4v) is 4.53. The highest BCUT2D eigenvalue weighted by molar-refractivity contribution is 5.99. The summed E-state index contributed by atoms with van der Waals surface area (Å²) in [5.41, 5.74) is 3.08. The van der Waals surface area contributed by atoms with Crippen LogP contribution in [0, 0.1) is 20.8 Å². The molecule has 5 rings (SSSR count). The second-order valence-corrected chi connectivity index (χ2v) is 9.04. The van der Waals surface area contributed by atoms with E-state index in [9.17, 15) is 4.79 Å². The van der Waals surface area contributed by atoms with Crippen molar-refractivity contribution in [2.75, 3.05) is 18.5 Å². The van der Waals surface area contributed by atoms with Gasteiger partial charge >= 0.3 is 0 Å². The average molecular weight is 484 g/mol. The summed E-state index contributed by atoms with van der Waals surface area (Å²) in [7, 11) is 0. The summed E-state index contributed by atoms with van der Waals surface area (Å²) in [6.07, 6.45) is 3.04. The predicted octanol–water partition coefficient (Wildman–Crippen LogP) is 5.07. The number of aromatic nitrogens is 4. The first-order valence-electron chi connectivity index (χ1n) is 12.0. The first-order chi connectivity index (χ1) is 17.4. The van der Waals surface area contributed by atoms with Crippen LogP contribution in [0.25, 0.3) is 5.82 Å². The molecule has 0 unspecified atom stereocenters. The Morgan fingerprint density at radius 2 is 1.72 bits per heavy atom. The summed E-state index contributed by atoms with van der Waals surface area (Å²) in [4.78, 5) is 26.8. The van der Waals surface area contributed by atoms with Crippen LogP contribution in [0.3, 0.4) is 0 Å². The zero-order valence-corrected chi connectivity index (χ0v) is 20.7. The average Bonchev–Trinajstić information content (AvgIpc) is 3.23. The number of rotatable bonds is 6. The lowest BCUT2D eigenvalue weighted by molar-refractivity contribution is -0.125. The monoisotopic (exact) mass is 483 g/mol. The smallest absolute Gasteiger partial charge is 0.235 e. The predicted molar refractivity (Wildman–Crippen MR) is 137 cm³/mol. The molecule has 0 bridgehead atoms. The molecule has 1 N–H and O–H groups in total. The van der Waals surface area contributed by atoms with Crippen molar-refractivity contribution >= 4 is 11.6 Å². The number of hydrogen-bond acceptors (Lipinski definition) is 6. The fourth-order valence-electron chi connectivity index (χ4n) is 4.53. The minimum atomic E-state index is -0.604. The van der Waals surface area contributed by atoms with E-state index >= 15 is 0 Å². The Labute approximate surface area is 210 Å². The van der Waals surface area contributed by atoms with Gasteiger partial charge in [-0.3, -0.25) is 9.36 Å². The minimum absolute atomic E-state index is 0.0206. The third-order valence-electron chi connectivity index (χ3n) is 6.74. The topological polar surface area (TPSA) is 91.2 Å². The number of carbonyl (C=O) groups excluding carboxylic acids is 1. The van der Waals surface area contributed by atoms with E-state index in [1.54, 1.807) is 12.4 Å². The molecule has 4 aromatic rings. The quantitative estimate of drug-likeness (QED) is 0.412. The molecule has 2 aromatic heterocycles. The van der Waals surface area contributed by atoms with Gasteiger partial charge in [0, 0.05) is 30.7 Å². The molecule has 0 aliphatic carbocycles. The van der Waals surface area contributed by atoms with Crippen molar-refractivity contribution in [1.29, 1.82) is 0 Å². The van der Waals surface area contributed by atoms with Crippen LogP contribution in [0.4, 0.5) is 5.69 Å². The molecule has 8 nitrogen and oxygen atoms in total. The van der Waals surface area contributed by atoms with Crippen LogP contribution in [0.2, 0.25) is 0 Å². The van der Waals surface area contributed by atoms with E-state index in [0.717, 1.165) is 17.0 Å². The molecule has 1 fully saturated rings. The summed E-state index contributed by atoms with van der Waals surface area (Å²) < 4.78 is 13.5. The number of benzene rings is 2. The van der Waals surface area contributed by atoms with Gasteiger partial charge in [0.05, 0.1) is 11.1 Å². The van der Waals surface area contributed by atoms with Gasteiger partial charge in [0.25, 0.3) is 0 Å². The maximum atomic E-state index is 13.5. The van der Waals surface area contributed by atoms with E-state index in [1.807, 2.05) is 79.9 Å². The standard InChI is InChI=1S/C28H29N5O3/c1-19-20(2)33(18-29-19)25-17-26(31-21(3)30-25)36-24-11-9-23(10-12-24)32-27(34)28(13-15-35-16-14-28)22-7-5-4-6-8-22/h4-12,17-18H,13-16H2,1-3H3,(H,32,34). The van der Waals surface area contributed by atoms with Crippen LogP contribution in [-0.4, -0.2) is 38.6 Å². The van der Waals surface area contributed by atoms with Gasteiger partial charge < -0.3 is 14.8 Å². The van der Waals surface area contributed by atoms with Crippen molar-refractivity contribution in [2.45, 2.75) is 39.0 Å². The van der Waals surface area contributed by atoms with Crippen LogP contribution >= 0.6 is 0 Å². The molecule has 1 aliphatic heterocycles. The molecule has 0 atom stereocenters. The molecule has 2 aromatic carbocycles. The second-order valence-electron chi connectivity index (χ2n) is 9.04. The molecule has 1 amide bonds. The van der Waals surface area contributed by atoms with Gasteiger partial charge in [-0.2, -0.15) is 4.98 Å². The van der Waals surface area contributed by atoms with Gasteiger partial charge in [0.1, 0.15) is 23.7 Å². The van der Waals surface area contributed by atoms with Gasteiger partial charge in [0.15, 0.2) is 0 Å². The van der Waals surface area contributed by atoms with Crippen LogP contribution in [0.15, 0.2) is 67.0 Å². The first-order valence-corrected chi connectivity index (χ1v) is 12.0. The Hall–Kier alpha value is -4.04. The zero-order chi connectivity index (χ0) is 25.1. The van der Waals surface area contributed by atoms with Gasteiger partial charge in [-0.25, -0.2) is 9.97 Å². The lowest BCUT2D eigenvalue weighted by Crippen LogP contribution is -2.44. The van der Waals surface area contributed by atoms with Crippen molar-refractivity contribution < 1.29 is 14.3 Å². The number of imidazole rings is 1. The van der Waals surface area contributed by atoms with E-state index in [0.29, 0.717) is 55.0 Å². The van der Waals surface area contributed by atoms with E-state index in [1.165, 1.54) is 0 Å². The van der Waals surface area contributed by atoms with E-state index in [4.69, 9.17) is 9.47 Å². The zero-order valence-electron chi connectivity index (χ0n) is 20.7. The van der Waals surface area contributed by atoms with E-state index < -0.39 is 5.41 Å². The van der Waals surface area contributed by atoms with Gasteiger partial charge in [-0.1, -0.05) is 30.3 Å². The first kappa shape index (κ1) is 23.7. The van der Waals surface area contributed by atoms with Gasteiger partial charge in [0.2, 0.25) is 11.8 Å². The van der Waals surface area contributed by atoms with E-state index in [-0.39, 0.29) is 5.91 Å². The molecular weight excluding hydrogens is 454 g/mol. The van der Waals surface area contributed by atoms with Crippen LogP contribution in [0.1, 0.15) is 35.6 Å². The molecule has 8 heteroatoms. The Balaban J connectivity index is 1.32. The highest BCUT2D eigenvalue weighted by Gasteiger charge is 2.41. The SMILES string of the molecule is Cc1nc(Oc2ccc(NC(=O)C3(c4ccccc4)CCOCC3)cc2)cc(-n2cnc(C)c2C)n1. The maximum Gasteiger partial charge on any atom is 0.235 e. The normalized spacial score (nSPS) is 14.9. The summed E-state index contributed by atoms with van der Waals surface area (Å²) >= 11 is 0. The molecule has 3 heterocycles. The molecule has 1 aliphatic rings. The van der Waals surface area contributed by atoms with Gasteiger partial charge in [-0.15, -0.1) is 0 Å². The Morgan fingerprint density at radius 3 is 2.39 bits per heavy atom. The van der Waals surface area contributed by atoms with Crippen molar-refractivity contribution in [3.8, 4) is 17.4 Å². The Kier molecular flexibility index (Phi) is 6.52. The van der Waals surface area contributed by atoms with Gasteiger partial charge in [-0.05, 0) is 63.4 Å². The highest BCUT2D eigenvalue weighted by Crippen LogP contribution is 2.36. The molecule has 36 heavy (non-hydrogen) atoms. The molecular formula is C28H29N5O3. The third-order valence-corrected chi connectivity index (χ3v) is 6.74. The molecule has 1 saturated heterocycles.